The Balaban J connectivity index is 2.40. The molecule has 0 saturated heterocycles. The molecule has 1 saturated carbocycles. The minimum absolute atomic E-state index is 0.273. The molecule has 1 aliphatic rings. The summed E-state index contributed by atoms with van der Waals surface area (Å²) in [4.78, 5) is 22.2. The monoisotopic (exact) mass is 186 g/mol. The summed E-state index contributed by atoms with van der Waals surface area (Å²) in [7, 11) is 1.28. The standard InChI is InChI=1S/C8H14N2O3/c1-5(6(11)13-2)10-7(12)8(9)3-4-8/h5H,3-4,9H2,1-2H3,(H,10,12)/t5-/m1/s1. The summed E-state index contributed by atoms with van der Waals surface area (Å²) in [5.41, 5.74) is 4.88. The largest absolute Gasteiger partial charge is 0.467 e. The molecule has 0 aliphatic heterocycles. The highest BCUT2D eigenvalue weighted by Crippen LogP contribution is 2.32. The molecule has 0 radical (unpaired) electrons. The van der Waals surface area contributed by atoms with E-state index < -0.39 is 17.6 Å². The number of nitrogens with one attached hydrogen (secondary N) is 1. The highest BCUT2D eigenvalue weighted by atomic mass is 16.5. The number of rotatable bonds is 3. The molecule has 3 N–H and O–H groups in total. The zero-order valence-electron chi connectivity index (χ0n) is 7.79. The number of hydrogen-bond donors (Lipinski definition) is 2. The Bertz CT molecular complexity index is 236. The fraction of sp³-hybridized carbons (Fsp3) is 0.750. The first-order valence-electron chi connectivity index (χ1n) is 4.17. The predicted octanol–water partition coefficient (Wildman–Crippen LogP) is -0.845. The molecule has 1 aliphatic carbocycles. The average molecular weight is 186 g/mol. The van der Waals surface area contributed by atoms with Crippen molar-refractivity contribution in [2.75, 3.05) is 7.11 Å². The molecular formula is C8H14N2O3. The van der Waals surface area contributed by atoms with E-state index in [0.717, 1.165) is 0 Å². The lowest BCUT2D eigenvalue weighted by Gasteiger charge is -2.14. The molecule has 0 spiro atoms. The first-order chi connectivity index (χ1) is 5.99. The number of ether oxygens (including phenoxy) is 1. The van der Waals surface area contributed by atoms with Gasteiger partial charge in [0.2, 0.25) is 5.91 Å². The molecule has 0 aromatic heterocycles. The first-order valence-corrected chi connectivity index (χ1v) is 4.17. The van der Waals surface area contributed by atoms with Crippen LogP contribution in [0.2, 0.25) is 0 Å². The Labute approximate surface area is 76.6 Å². The van der Waals surface area contributed by atoms with Gasteiger partial charge < -0.3 is 15.8 Å². The number of methoxy groups -OCH3 is 1. The Kier molecular flexibility index (Phi) is 2.56. The van der Waals surface area contributed by atoms with Crippen molar-refractivity contribution in [2.45, 2.75) is 31.3 Å². The molecule has 0 unspecified atom stereocenters. The van der Waals surface area contributed by atoms with Crippen LogP contribution in [0.4, 0.5) is 0 Å². The van der Waals surface area contributed by atoms with E-state index in [-0.39, 0.29) is 5.91 Å². The van der Waals surface area contributed by atoms with E-state index in [9.17, 15) is 9.59 Å². The van der Waals surface area contributed by atoms with E-state index in [2.05, 4.69) is 10.1 Å². The van der Waals surface area contributed by atoms with E-state index >= 15 is 0 Å². The minimum Gasteiger partial charge on any atom is -0.467 e. The average Bonchev–Trinajstić information content (AvgIpc) is 2.83. The molecule has 0 heterocycles. The van der Waals surface area contributed by atoms with Crippen LogP contribution in [0.3, 0.4) is 0 Å². The van der Waals surface area contributed by atoms with Gasteiger partial charge in [0.1, 0.15) is 6.04 Å². The van der Waals surface area contributed by atoms with Gasteiger partial charge in [0.05, 0.1) is 12.6 Å². The lowest BCUT2D eigenvalue weighted by Crippen LogP contribution is -2.48. The zero-order valence-corrected chi connectivity index (χ0v) is 7.79. The third-order valence-corrected chi connectivity index (χ3v) is 2.14. The second kappa shape index (κ2) is 3.33. The van der Waals surface area contributed by atoms with Gasteiger partial charge in [-0.25, -0.2) is 4.79 Å². The Hall–Kier alpha value is -1.10. The fourth-order valence-corrected chi connectivity index (χ4v) is 0.938. The Morgan fingerprint density at radius 3 is 2.46 bits per heavy atom. The molecule has 74 valence electrons. The van der Waals surface area contributed by atoms with E-state index in [0.29, 0.717) is 12.8 Å². The second-order valence-electron chi connectivity index (χ2n) is 3.37. The number of hydrogen-bond acceptors (Lipinski definition) is 4. The number of nitrogens with two attached hydrogens (primary N) is 1. The minimum atomic E-state index is -0.734. The molecule has 1 fully saturated rings. The molecule has 1 rings (SSSR count). The molecule has 13 heavy (non-hydrogen) atoms. The number of carbonyl (C=O) groups excluding carboxylic acids is 2. The van der Waals surface area contributed by atoms with Gasteiger partial charge >= 0.3 is 5.97 Å². The Morgan fingerprint density at radius 1 is 1.54 bits per heavy atom. The van der Waals surface area contributed by atoms with Crippen LogP contribution in [0.5, 0.6) is 0 Å². The molecule has 1 atom stereocenters. The van der Waals surface area contributed by atoms with Crippen molar-refractivity contribution < 1.29 is 14.3 Å². The van der Waals surface area contributed by atoms with Crippen molar-refractivity contribution in [3.8, 4) is 0 Å². The van der Waals surface area contributed by atoms with Crippen LogP contribution in [-0.4, -0.2) is 30.6 Å². The number of esters is 1. The lowest BCUT2D eigenvalue weighted by atomic mass is 10.2. The third-order valence-electron chi connectivity index (χ3n) is 2.14. The maximum absolute atomic E-state index is 11.3. The Morgan fingerprint density at radius 2 is 2.08 bits per heavy atom. The van der Waals surface area contributed by atoms with E-state index in [1.54, 1.807) is 6.92 Å². The van der Waals surface area contributed by atoms with Crippen molar-refractivity contribution in [1.29, 1.82) is 0 Å². The molecular weight excluding hydrogens is 172 g/mol. The second-order valence-corrected chi connectivity index (χ2v) is 3.37. The van der Waals surface area contributed by atoms with Gasteiger partial charge in [-0.2, -0.15) is 0 Å². The van der Waals surface area contributed by atoms with E-state index in [1.807, 2.05) is 0 Å². The van der Waals surface area contributed by atoms with Crippen LogP contribution in [0, 0.1) is 0 Å². The van der Waals surface area contributed by atoms with Crippen molar-refractivity contribution >= 4 is 11.9 Å². The SMILES string of the molecule is COC(=O)[C@@H](C)NC(=O)C1(N)CC1. The quantitative estimate of drug-likeness (QED) is 0.563. The van der Waals surface area contributed by atoms with Crippen LogP contribution < -0.4 is 11.1 Å². The lowest BCUT2D eigenvalue weighted by molar-refractivity contribution is -0.144. The topological polar surface area (TPSA) is 81.4 Å². The fourth-order valence-electron chi connectivity index (χ4n) is 0.938. The van der Waals surface area contributed by atoms with Crippen LogP contribution in [-0.2, 0) is 14.3 Å². The van der Waals surface area contributed by atoms with Gasteiger partial charge in [-0.3, -0.25) is 4.79 Å². The van der Waals surface area contributed by atoms with Gasteiger partial charge in [0.15, 0.2) is 0 Å². The highest BCUT2D eigenvalue weighted by molar-refractivity contribution is 5.92. The summed E-state index contributed by atoms with van der Waals surface area (Å²) in [6, 6.07) is -0.626. The molecule has 0 aromatic rings. The molecule has 5 heteroatoms. The third kappa shape index (κ3) is 2.18. The zero-order chi connectivity index (χ0) is 10.1. The molecule has 0 bridgehead atoms. The summed E-state index contributed by atoms with van der Waals surface area (Å²) < 4.78 is 4.45. The van der Waals surface area contributed by atoms with Crippen LogP contribution in [0.25, 0.3) is 0 Å². The summed E-state index contributed by atoms with van der Waals surface area (Å²) in [6.07, 6.45) is 1.37. The van der Waals surface area contributed by atoms with Crippen molar-refractivity contribution in [1.82, 2.24) is 5.32 Å². The summed E-state index contributed by atoms with van der Waals surface area (Å²) in [5.74, 6) is -0.733. The summed E-state index contributed by atoms with van der Waals surface area (Å²) >= 11 is 0. The molecule has 5 nitrogen and oxygen atoms in total. The van der Waals surface area contributed by atoms with Gasteiger partial charge in [0, 0.05) is 0 Å². The van der Waals surface area contributed by atoms with Gasteiger partial charge in [0.25, 0.3) is 0 Å². The number of carbonyl (C=O) groups is 2. The highest BCUT2D eigenvalue weighted by Gasteiger charge is 2.46. The molecule has 1 amide bonds. The summed E-state index contributed by atoms with van der Waals surface area (Å²) in [6.45, 7) is 1.56. The van der Waals surface area contributed by atoms with E-state index in [1.165, 1.54) is 7.11 Å². The van der Waals surface area contributed by atoms with Gasteiger partial charge in [-0.1, -0.05) is 0 Å². The maximum Gasteiger partial charge on any atom is 0.328 e. The van der Waals surface area contributed by atoms with Crippen molar-refractivity contribution in [2.24, 2.45) is 5.73 Å². The van der Waals surface area contributed by atoms with Crippen molar-refractivity contribution in [3.05, 3.63) is 0 Å². The van der Waals surface area contributed by atoms with Crippen molar-refractivity contribution in [3.63, 3.8) is 0 Å². The first kappa shape index (κ1) is 9.98. The maximum atomic E-state index is 11.3. The van der Waals surface area contributed by atoms with Crippen LogP contribution in [0.15, 0.2) is 0 Å². The normalized spacial score (nSPS) is 20.2. The molecule has 0 aromatic carbocycles. The smallest absolute Gasteiger partial charge is 0.328 e. The summed E-state index contributed by atoms with van der Waals surface area (Å²) in [5, 5.41) is 2.49. The number of amides is 1. The van der Waals surface area contributed by atoms with E-state index in [4.69, 9.17) is 5.73 Å². The van der Waals surface area contributed by atoms with Gasteiger partial charge in [-0.05, 0) is 19.8 Å². The van der Waals surface area contributed by atoms with Crippen LogP contribution >= 0.6 is 0 Å². The van der Waals surface area contributed by atoms with Crippen LogP contribution in [0.1, 0.15) is 19.8 Å². The van der Waals surface area contributed by atoms with Gasteiger partial charge in [-0.15, -0.1) is 0 Å². The predicted molar refractivity (Wildman–Crippen MR) is 45.8 cm³/mol.